The molecule has 33 heavy (non-hydrogen) atoms. The normalized spacial score (nSPS) is 15.1. The zero-order chi connectivity index (χ0) is 23.5. The van der Waals surface area contributed by atoms with Crippen LogP contribution in [0.4, 0.5) is 5.82 Å². The van der Waals surface area contributed by atoms with Crippen molar-refractivity contribution in [3.63, 3.8) is 0 Å². The van der Waals surface area contributed by atoms with Crippen molar-refractivity contribution < 1.29 is 9.53 Å². The minimum atomic E-state index is -0.278. The molecule has 1 aliphatic heterocycles. The third kappa shape index (κ3) is 4.96. The highest BCUT2D eigenvalue weighted by Gasteiger charge is 2.33. The zero-order valence-corrected chi connectivity index (χ0v) is 20.4. The Balaban J connectivity index is 1.74. The second-order valence-electron chi connectivity index (χ2n) is 7.39. The number of ether oxygens (including phenoxy) is 1. The Labute approximate surface area is 205 Å². The van der Waals surface area contributed by atoms with E-state index in [0.29, 0.717) is 38.9 Å². The van der Waals surface area contributed by atoms with Gasteiger partial charge >= 0.3 is 0 Å². The van der Waals surface area contributed by atoms with E-state index in [1.807, 2.05) is 31.2 Å². The van der Waals surface area contributed by atoms with Crippen molar-refractivity contribution in [2.45, 2.75) is 13.5 Å². The number of aromatic nitrogens is 2. The topological polar surface area (TPSA) is 75.9 Å². The summed E-state index contributed by atoms with van der Waals surface area (Å²) in [5.41, 5.74) is 2.23. The van der Waals surface area contributed by atoms with Gasteiger partial charge in [0, 0.05) is 24.9 Å². The lowest BCUT2D eigenvalue weighted by atomic mass is 10.2. The number of hydrogen-bond donors (Lipinski definition) is 1. The lowest BCUT2D eigenvalue weighted by molar-refractivity contribution is -0.122. The Hall–Kier alpha value is -2.72. The van der Waals surface area contributed by atoms with E-state index in [0.717, 1.165) is 22.9 Å². The lowest BCUT2D eigenvalue weighted by Gasteiger charge is -2.15. The van der Waals surface area contributed by atoms with E-state index in [4.69, 9.17) is 28.6 Å². The van der Waals surface area contributed by atoms with Crippen molar-refractivity contribution in [2.24, 2.45) is 0 Å². The summed E-state index contributed by atoms with van der Waals surface area (Å²) < 4.78 is 6.99. The van der Waals surface area contributed by atoms with Crippen LogP contribution in [0.3, 0.4) is 0 Å². The quantitative estimate of drug-likeness (QED) is 0.297. The van der Waals surface area contributed by atoms with E-state index in [1.54, 1.807) is 31.5 Å². The van der Waals surface area contributed by atoms with Crippen molar-refractivity contribution in [2.75, 3.05) is 25.6 Å². The van der Waals surface area contributed by atoms with Crippen LogP contribution in [0.15, 0.2) is 52.3 Å². The Kier molecular flexibility index (Phi) is 7.14. The number of aryl methyl sites for hydroxylation is 1. The van der Waals surface area contributed by atoms with Crippen molar-refractivity contribution >= 4 is 63.3 Å². The first-order valence-electron chi connectivity index (χ1n) is 10.1. The predicted octanol–water partition coefficient (Wildman–Crippen LogP) is 4.12. The highest BCUT2D eigenvalue weighted by molar-refractivity contribution is 8.26. The number of nitrogens with zero attached hydrogens (tertiary/aromatic N) is 3. The summed E-state index contributed by atoms with van der Waals surface area (Å²) in [5, 5.41) is 3.70. The Morgan fingerprint density at radius 3 is 2.79 bits per heavy atom. The van der Waals surface area contributed by atoms with Gasteiger partial charge < -0.3 is 10.1 Å². The van der Waals surface area contributed by atoms with Gasteiger partial charge in [-0.05, 0) is 36.3 Å². The zero-order valence-electron chi connectivity index (χ0n) is 18.0. The van der Waals surface area contributed by atoms with Crippen molar-refractivity contribution in [3.8, 4) is 0 Å². The third-order valence-electron chi connectivity index (χ3n) is 5.04. The number of thiocarbonyl (C=S) groups is 1. The lowest BCUT2D eigenvalue weighted by Crippen LogP contribution is -2.27. The highest BCUT2D eigenvalue weighted by atomic mass is 35.5. The van der Waals surface area contributed by atoms with Crippen LogP contribution in [0.2, 0.25) is 5.02 Å². The molecule has 3 aromatic rings. The summed E-state index contributed by atoms with van der Waals surface area (Å²) in [5.74, 6) is 0.110. The van der Waals surface area contributed by atoms with E-state index in [2.05, 4.69) is 10.3 Å². The molecule has 1 saturated heterocycles. The molecule has 0 spiro atoms. The molecule has 1 fully saturated rings. The number of anilines is 1. The molecule has 0 atom stereocenters. The number of rotatable bonds is 7. The van der Waals surface area contributed by atoms with Gasteiger partial charge in [-0.25, -0.2) is 4.98 Å². The molecule has 2 aromatic heterocycles. The van der Waals surface area contributed by atoms with Gasteiger partial charge in [-0.1, -0.05) is 59.8 Å². The maximum atomic E-state index is 13.4. The number of carbonyl (C=O) groups excluding carboxylic acids is 1. The number of methoxy groups -OCH3 is 1. The molecule has 0 unspecified atom stereocenters. The standard InChI is InChI=1S/C23H21ClN4O3S2/c1-14-7-8-19-26-20(25-9-10-31-2)16(21(29)27(19)12-14)11-18-22(30)28(23(32)33-18)13-15-5-3-4-6-17(15)24/h3-8,11-12,25H,9-10,13H2,1-2H3. The SMILES string of the molecule is COCCNc1nc2ccc(C)cn2c(=O)c1C=C1SC(=S)N(Cc2ccccc2Cl)C1=O. The fourth-order valence-electron chi connectivity index (χ4n) is 3.36. The predicted molar refractivity (Wildman–Crippen MR) is 137 cm³/mol. The van der Waals surface area contributed by atoms with E-state index < -0.39 is 0 Å². The number of benzene rings is 1. The molecule has 1 amide bonds. The molecular weight excluding hydrogens is 480 g/mol. The van der Waals surface area contributed by atoms with E-state index in [1.165, 1.54) is 9.30 Å². The van der Waals surface area contributed by atoms with Gasteiger partial charge in [-0.2, -0.15) is 0 Å². The smallest absolute Gasteiger partial charge is 0.267 e. The fourth-order valence-corrected chi connectivity index (χ4v) is 4.79. The van der Waals surface area contributed by atoms with Gasteiger partial charge in [-0.3, -0.25) is 18.9 Å². The molecule has 0 bridgehead atoms. The maximum absolute atomic E-state index is 13.4. The molecule has 1 aromatic carbocycles. The average Bonchev–Trinajstić information content (AvgIpc) is 3.05. The molecule has 0 saturated carbocycles. The monoisotopic (exact) mass is 500 g/mol. The number of carbonyl (C=O) groups is 1. The second-order valence-corrected chi connectivity index (χ2v) is 9.48. The van der Waals surface area contributed by atoms with E-state index in [-0.39, 0.29) is 23.6 Å². The molecule has 170 valence electrons. The van der Waals surface area contributed by atoms with Crippen LogP contribution in [0.1, 0.15) is 16.7 Å². The van der Waals surface area contributed by atoms with Gasteiger partial charge in [0.05, 0.1) is 23.6 Å². The minimum absolute atomic E-state index is 0.259. The average molecular weight is 501 g/mol. The third-order valence-corrected chi connectivity index (χ3v) is 6.79. The summed E-state index contributed by atoms with van der Waals surface area (Å²) in [6.07, 6.45) is 3.29. The van der Waals surface area contributed by atoms with Crippen LogP contribution in [0, 0.1) is 6.92 Å². The van der Waals surface area contributed by atoms with E-state index in [9.17, 15) is 9.59 Å². The van der Waals surface area contributed by atoms with E-state index >= 15 is 0 Å². The van der Waals surface area contributed by atoms with Crippen LogP contribution in [0.5, 0.6) is 0 Å². The highest BCUT2D eigenvalue weighted by Crippen LogP contribution is 2.34. The van der Waals surface area contributed by atoms with Gasteiger partial charge in [-0.15, -0.1) is 0 Å². The first kappa shape index (κ1) is 23.4. The summed E-state index contributed by atoms with van der Waals surface area (Å²) in [6.45, 7) is 3.05. The van der Waals surface area contributed by atoms with Crippen molar-refractivity contribution in [3.05, 3.63) is 79.6 Å². The summed E-state index contributed by atoms with van der Waals surface area (Å²) in [4.78, 5) is 33.0. The fraction of sp³-hybridized carbons (Fsp3) is 0.217. The molecule has 4 rings (SSSR count). The van der Waals surface area contributed by atoms with Crippen LogP contribution >= 0.6 is 35.6 Å². The summed E-state index contributed by atoms with van der Waals surface area (Å²) in [6, 6.07) is 11.0. The van der Waals surface area contributed by atoms with Crippen LogP contribution in [-0.4, -0.2) is 44.8 Å². The van der Waals surface area contributed by atoms with Gasteiger partial charge in [0.25, 0.3) is 11.5 Å². The number of fused-ring (bicyclic) bond motifs is 1. The number of nitrogens with one attached hydrogen (secondary N) is 1. The van der Waals surface area contributed by atoms with Gasteiger partial charge in [0.15, 0.2) is 0 Å². The Bertz CT molecular complexity index is 1340. The summed E-state index contributed by atoms with van der Waals surface area (Å²) >= 11 is 12.9. The van der Waals surface area contributed by atoms with Crippen molar-refractivity contribution in [1.29, 1.82) is 0 Å². The number of thioether (sulfide) groups is 1. The first-order chi connectivity index (χ1) is 15.9. The Morgan fingerprint density at radius 1 is 1.24 bits per heavy atom. The minimum Gasteiger partial charge on any atom is -0.383 e. The number of halogens is 1. The summed E-state index contributed by atoms with van der Waals surface area (Å²) in [7, 11) is 1.60. The number of hydrogen-bond acceptors (Lipinski definition) is 7. The molecule has 3 heterocycles. The molecule has 0 aliphatic carbocycles. The maximum Gasteiger partial charge on any atom is 0.267 e. The van der Waals surface area contributed by atoms with Gasteiger partial charge in [0.2, 0.25) is 0 Å². The van der Waals surface area contributed by atoms with Crippen LogP contribution in [0.25, 0.3) is 11.7 Å². The molecule has 0 radical (unpaired) electrons. The van der Waals surface area contributed by atoms with Crippen LogP contribution in [-0.2, 0) is 16.1 Å². The number of pyridine rings is 1. The molecule has 1 N–H and O–H groups in total. The van der Waals surface area contributed by atoms with Crippen LogP contribution < -0.4 is 10.9 Å². The Morgan fingerprint density at radius 2 is 2.03 bits per heavy atom. The molecule has 7 nitrogen and oxygen atoms in total. The van der Waals surface area contributed by atoms with Gasteiger partial charge in [0.1, 0.15) is 15.8 Å². The molecule has 1 aliphatic rings. The second kappa shape index (κ2) is 10.0. The van der Waals surface area contributed by atoms with Crippen molar-refractivity contribution in [1.82, 2.24) is 14.3 Å². The largest absolute Gasteiger partial charge is 0.383 e. The first-order valence-corrected chi connectivity index (χ1v) is 11.7. The molecule has 10 heteroatoms. The number of amides is 1. The molecular formula is C23H21ClN4O3S2.